The van der Waals surface area contributed by atoms with Gasteiger partial charge in [0.1, 0.15) is 11.6 Å². The summed E-state index contributed by atoms with van der Waals surface area (Å²) in [5, 5.41) is 15.2. The molecule has 2 heterocycles. The Morgan fingerprint density at radius 3 is 3.08 bits per heavy atom. The van der Waals surface area contributed by atoms with Crippen LogP contribution in [0.15, 0.2) is 12.1 Å². The minimum Gasteiger partial charge on any atom is -0.481 e. The Labute approximate surface area is 74.0 Å². The van der Waals surface area contributed by atoms with E-state index in [4.69, 9.17) is 10.00 Å². The van der Waals surface area contributed by atoms with Crippen molar-refractivity contribution in [2.24, 2.45) is 0 Å². The second-order valence-corrected chi connectivity index (χ2v) is 2.43. The number of aromatic nitrogens is 3. The number of pyridine rings is 1. The second kappa shape index (κ2) is 2.75. The van der Waals surface area contributed by atoms with Crippen LogP contribution in [-0.4, -0.2) is 22.3 Å². The summed E-state index contributed by atoms with van der Waals surface area (Å²) in [5.41, 5.74) is 1.56. The number of hydrogen-bond acceptors (Lipinski definition) is 4. The number of nitriles is 1. The van der Waals surface area contributed by atoms with Crippen molar-refractivity contribution in [3.8, 4) is 11.9 Å². The molecule has 2 aromatic heterocycles. The molecular weight excluding hydrogens is 168 g/mol. The van der Waals surface area contributed by atoms with Gasteiger partial charge in [-0.05, 0) is 6.07 Å². The Morgan fingerprint density at radius 1 is 1.54 bits per heavy atom. The monoisotopic (exact) mass is 174 g/mol. The van der Waals surface area contributed by atoms with Crippen LogP contribution in [0.4, 0.5) is 0 Å². The van der Waals surface area contributed by atoms with E-state index in [2.05, 4.69) is 15.2 Å². The minimum atomic E-state index is 0.286. The van der Waals surface area contributed by atoms with E-state index in [1.54, 1.807) is 12.1 Å². The van der Waals surface area contributed by atoms with Gasteiger partial charge in [-0.15, -0.1) is 0 Å². The lowest BCUT2D eigenvalue weighted by Crippen LogP contribution is -1.87. The fraction of sp³-hybridized carbons (Fsp3) is 0.125. The predicted octanol–water partition coefficient (Wildman–Crippen LogP) is 0.838. The molecule has 0 aliphatic heterocycles. The topological polar surface area (TPSA) is 74.6 Å². The lowest BCUT2D eigenvalue weighted by atomic mass is 10.3. The van der Waals surface area contributed by atoms with Crippen molar-refractivity contribution in [1.82, 2.24) is 15.2 Å². The van der Waals surface area contributed by atoms with Crippen molar-refractivity contribution < 1.29 is 4.74 Å². The molecule has 5 heteroatoms. The number of rotatable bonds is 1. The van der Waals surface area contributed by atoms with Crippen LogP contribution >= 0.6 is 0 Å². The number of aromatic amines is 1. The van der Waals surface area contributed by atoms with Gasteiger partial charge < -0.3 is 4.74 Å². The molecule has 13 heavy (non-hydrogen) atoms. The van der Waals surface area contributed by atoms with Crippen molar-refractivity contribution >= 4 is 11.0 Å². The highest BCUT2D eigenvalue weighted by Crippen LogP contribution is 2.16. The third kappa shape index (κ3) is 1.08. The molecule has 0 unspecified atom stereocenters. The summed E-state index contributed by atoms with van der Waals surface area (Å²) in [6, 6.07) is 5.42. The van der Waals surface area contributed by atoms with Crippen molar-refractivity contribution in [2.45, 2.75) is 0 Å². The molecular formula is C8H6N4O. The molecule has 0 saturated heterocycles. The molecule has 5 nitrogen and oxygen atoms in total. The van der Waals surface area contributed by atoms with E-state index < -0.39 is 0 Å². The van der Waals surface area contributed by atoms with Gasteiger partial charge in [0, 0.05) is 6.07 Å². The summed E-state index contributed by atoms with van der Waals surface area (Å²) in [4.78, 5) is 4.09. The van der Waals surface area contributed by atoms with Gasteiger partial charge >= 0.3 is 0 Å². The molecule has 2 aromatic rings. The second-order valence-electron chi connectivity index (χ2n) is 2.43. The van der Waals surface area contributed by atoms with Gasteiger partial charge in [-0.1, -0.05) is 0 Å². The molecule has 0 saturated carbocycles. The molecule has 0 bridgehead atoms. The minimum absolute atomic E-state index is 0.286. The van der Waals surface area contributed by atoms with Gasteiger partial charge in [0.25, 0.3) is 0 Å². The number of fused-ring (bicyclic) bond motifs is 1. The number of hydrogen-bond donors (Lipinski definition) is 1. The number of ether oxygens (including phenoxy) is 1. The Bertz CT molecular complexity index is 482. The zero-order chi connectivity index (χ0) is 9.26. The quantitative estimate of drug-likeness (QED) is 0.695. The number of nitrogens with zero attached hydrogens (tertiary/aromatic N) is 3. The first-order valence-corrected chi connectivity index (χ1v) is 3.64. The Hall–Kier alpha value is -2.09. The predicted molar refractivity (Wildman–Crippen MR) is 45.2 cm³/mol. The van der Waals surface area contributed by atoms with E-state index in [9.17, 15) is 0 Å². The molecule has 0 aromatic carbocycles. The molecule has 0 spiro atoms. The van der Waals surface area contributed by atoms with E-state index >= 15 is 0 Å². The molecule has 0 fully saturated rings. The molecule has 0 aliphatic carbocycles. The third-order valence-corrected chi connectivity index (χ3v) is 1.70. The normalized spacial score (nSPS) is 9.85. The van der Waals surface area contributed by atoms with Crippen LogP contribution in [0.3, 0.4) is 0 Å². The molecule has 0 aliphatic rings. The maximum atomic E-state index is 8.67. The van der Waals surface area contributed by atoms with E-state index in [-0.39, 0.29) is 5.69 Å². The Morgan fingerprint density at radius 2 is 2.38 bits per heavy atom. The van der Waals surface area contributed by atoms with Crippen LogP contribution in [0.1, 0.15) is 5.69 Å². The fourth-order valence-corrected chi connectivity index (χ4v) is 1.07. The van der Waals surface area contributed by atoms with Gasteiger partial charge in [0.2, 0.25) is 5.88 Å². The van der Waals surface area contributed by atoms with Gasteiger partial charge in [-0.3, -0.25) is 5.10 Å². The first kappa shape index (κ1) is 7.55. The Balaban J connectivity index is 2.73. The van der Waals surface area contributed by atoms with Crippen molar-refractivity contribution in [1.29, 1.82) is 5.26 Å². The van der Waals surface area contributed by atoms with Gasteiger partial charge in [0.05, 0.1) is 12.6 Å². The molecule has 0 atom stereocenters. The van der Waals surface area contributed by atoms with Crippen LogP contribution in [0.25, 0.3) is 11.0 Å². The van der Waals surface area contributed by atoms with Crippen LogP contribution in [0, 0.1) is 11.3 Å². The van der Waals surface area contributed by atoms with Crippen molar-refractivity contribution in [2.75, 3.05) is 7.11 Å². The van der Waals surface area contributed by atoms with Crippen LogP contribution in [0.5, 0.6) is 5.88 Å². The average molecular weight is 174 g/mol. The zero-order valence-electron chi connectivity index (χ0n) is 6.90. The zero-order valence-corrected chi connectivity index (χ0v) is 6.90. The summed E-state index contributed by atoms with van der Waals surface area (Å²) in [7, 11) is 1.53. The Kier molecular flexibility index (Phi) is 1.60. The van der Waals surface area contributed by atoms with Crippen LogP contribution < -0.4 is 4.74 Å². The standard InChI is InChI=1S/C8H6N4O/c1-13-7-3-2-5-8(10-7)6(4-9)12-11-5/h2-3H,1H3,(H,11,12). The largest absolute Gasteiger partial charge is 0.481 e. The summed E-state index contributed by atoms with van der Waals surface area (Å²) in [5.74, 6) is 0.477. The summed E-state index contributed by atoms with van der Waals surface area (Å²) < 4.78 is 4.93. The number of methoxy groups -OCH3 is 1. The highest BCUT2D eigenvalue weighted by Gasteiger charge is 2.06. The third-order valence-electron chi connectivity index (χ3n) is 1.70. The van der Waals surface area contributed by atoms with Crippen molar-refractivity contribution in [3.63, 3.8) is 0 Å². The molecule has 1 N–H and O–H groups in total. The maximum absolute atomic E-state index is 8.67. The molecule has 64 valence electrons. The van der Waals surface area contributed by atoms with E-state index in [1.165, 1.54) is 7.11 Å². The van der Waals surface area contributed by atoms with Crippen LogP contribution in [-0.2, 0) is 0 Å². The summed E-state index contributed by atoms with van der Waals surface area (Å²) >= 11 is 0. The number of H-pyrrole nitrogens is 1. The maximum Gasteiger partial charge on any atom is 0.213 e. The fourth-order valence-electron chi connectivity index (χ4n) is 1.07. The van der Waals surface area contributed by atoms with E-state index in [0.717, 1.165) is 5.52 Å². The van der Waals surface area contributed by atoms with Gasteiger partial charge in [-0.2, -0.15) is 10.4 Å². The van der Waals surface area contributed by atoms with E-state index in [0.29, 0.717) is 11.4 Å². The molecule has 0 radical (unpaired) electrons. The van der Waals surface area contributed by atoms with Crippen molar-refractivity contribution in [3.05, 3.63) is 17.8 Å². The SMILES string of the molecule is COc1ccc2[nH]nc(C#N)c2n1. The number of nitrogens with one attached hydrogen (secondary N) is 1. The van der Waals surface area contributed by atoms with Gasteiger partial charge in [0.15, 0.2) is 5.69 Å². The highest BCUT2D eigenvalue weighted by molar-refractivity contribution is 5.79. The first-order chi connectivity index (χ1) is 6.35. The smallest absolute Gasteiger partial charge is 0.213 e. The van der Waals surface area contributed by atoms with Gasteiger partial charge in [-0.25, -0.2) is 4.98 Å². The molecule has 2 rings (SSSR count). The van der Waals surface area contributed by atoms with E-state index in [1.807, 2.05) is 6.07 Å². The average Bonchev–Trinajstić information content (AvgIpc) is 2.59. The molecule has 0 amide bonds. The lowest BCUT2D eigenvalue weighted by Gasteiger charge is -1.96. The summed E-state index contributed by atoms with van der Waals surface area (Å²) in [6.45, 7) is 0. The highest BCUT2D eigenvalue weighted by atomic mass is 16.5. The van der Waals surface area contributed by atoms with Crippen LogP contribution in [0.2, 0.25) is 0 Å². The first-order valence-electron chi connectivity index (χ1n) is 3.64. The summed E-state index contributed by atoms with van der Waals surface area (Å²) in [6.07, 6.45) is 0. The lowest BCUT2D eigenvalue weighted by molar-refractivity contribution is 0.399.